The molecular formula is C6H10O4. The molecule has 0 radical (unpaired) electrons. The molecule has 0 amide bonds. The van der Waals surface area contributed by atoms with Gasteiger partial charge in [0.05, 0.1) is 0 Å². The van der Waals surface area contributed by atoms with Gasteiger partial charge in [-0.2, -0.15) is 0 Å². The van der Waals surface area contributed by atoms with Crippen LogP contribution in [0.15, 0.2) is 0 Å². The highest BCUT2D eigenvalue weighted by Crippen LogP contribution is 2.14. The van der Waals surface area contributed by atoms with Gasteiger partial charge in [-0.15, -0.1) is 0 Å². The van der Waals surface area contributed by atoms with Crippen LogP contribution in [0.4, 0.5) is 0 Å². The van der Waals surface area contributed by atoms with Crippen molar-refractivity contribution in [3.63, 3.8) is 0 Å². The molecule has 1 fully saturated rings. The van der Waals surface area contributed by atoms with E-state index in [1.165, 1.54) is 19.3 Å². The third kappa shape index (κ3) is 15.8. The molecule has 4 heteroatoms. The van der Waals surface area contributed by atoms with Crippen molar-refractivity contribution in [2.75, 3.05) is 0 Å². The number of hydrogen-bond acceptors (Lipinski definition) is 2. The van der Waals surface area contributed by atoms with E-state index >= 15 is 0 Å². The molecule has 1 aliphatic rings. The van der Waals surface area contributed by atoms with E-state index in [4.69, 9.17) is 10.2 Å². The van der Waals surface area contributed by atoms with Crippen molar-refractivity contribution in [1.29, 1.82) is 0 Å². The Kier molecular flexibility index (Phi) is 4.28. The average Bonchev–Trinajstić information content (AvgIpc) is 2.38. The van der Waals surface area contributed by atoms with Gasteiger partial charge in [-0.1, -0.05) is 19.3 Å². The highest BCUT2D eigenvalue weighted by Gasteiger charge is 2.01. The molecule has 4 nitrogen and oxygen atoms in total. The fraction of sp³-hybridized carbons (Fsp3) is 0.667. The van der Waals surface area contributed by atoms with Crippen LogP contribution in [0.2, 0.25) is 0 Å². The Bertz CT molecular complexity index is 113. The minimum atomic E-state index is -1.31. The summed E-state index contributed by atoms with van der Waals surface area (Å²) in [6.07, 6.45) is 3.69. The molecule has 0 saturated heterocycles. The maximum Gasteiger partial charge on any atom is 0.314 e. The van der Waals surface area contributed by atoms with Crippen molar-refractivity contribution >= 4 is 11.9 Å². The van der Waals surface area contributed by atoms with Gasteiger partial charge in [0.25, 0.3) is 0 Å². The normalized spacial score (nSPS) is 12.8. The lowest BCUT2D eigenvalue weighted by Gasteiger charge is -1.80. The van der Waals surface area contributed by atoms with Gasteiger partial charge in [0, 0.05) is 0 Å². The summed E-state index contributed by atoms with van der Waals surface area (Å²) in [6.45, 7) is 0. The zero-order valence-corrected chi connectivity index (χ0v) is 5.54. The van der Waals surface area contributed by atoms with Crippen molar-refractivity contribution in [1.82, 2.24) is 0 Å². The van der Waals surface area contributed by atoms with Crippen LogP contribution in [0.3, 0.4) is 0 Å². The summed E-state index contributed by atoms with van der Waals surface area (Å²) in [6, 6.07) is 0. The van der Waals surface area contributed by atoms with Crippen LogP contribution < -0.4 is 0 Å². The molecule has 0 aliphatic heterocycles. The van der Waals surface area contributed by atoms with Gasteiger partial charge in [-0.25, -0.2) is 0 Å². The fourth-order valence-corrected chi connectivity index (χ4v) is 0.129. The highest BCUT2D eigenvalue weighted by atomic mass is 16.4. The molecule has 1 saturated carbocycles. The standard InChI is InChI=1S/C3H4O4.C3H6/c4-2(5)1-3(6)7;1-2-3-1/h1H2,(H,4,5)(H,6,7);1-3H2. The lowest BCUT2D eigenvalue weighted by atomic mass is 10.5. The Morgan fingerprint density at radius 1 is 1.00 bits per heavy atom. The van der Waals surface area contributed by atoms with Gasteiger partial charge in [0.2, 0.25) is 0 Å². The van der Waals surface area contributed by atoms with Gasteiger partial charge in [-0.05, 0) is 0 Å². The predicted octanol–water partition coefficient (Wildman–Crippen LogP) is 0.716. The Balaban J connectivity index is 0.000000219. The molecule has 0 atom stereocenters. The van der Waals surface area contributed by atoms with Crippen LogP contribution in [0.25, 0.3) is 0 Å². The molecular weight excluding hydrogens is 136 g/mol. The lowest BCUT2D eigenvalue weighted by molar-refractivity contribution is -0.147. The van der Waals surface area contributed by atoms with E-state index in [2.05, 4.69) is 0 Å². The van der Waals surface area contributed by atoms with Crippen molar-refractivity contribution in [3.05, 3.63) is 0 Å². The first-order chi connectivity index (χ1) is 4.63. The first-order valence-electron chi connectivity index (χ1n) is 3.06. The Hall–Kier alpha value is -1.06. The van der Waals surface area contributed by atoms with Crippen LogP contribution in [-0.4, -0.2) is 22.2 Å². The quantitative estimate of drug-likeness (QED) is 0.563. The maximum absolute atomic E-state index is 9.43. The second-order valence-corrected chi connectivity index (χ2v) is 2.02. The van der Waals surface area contributed by atoms with E-state index in [0.29, 0.717) is 0 Å². The van der Waals surface area contributed by atoms with Crippen LogP contribution >= 0.6 is 0 Å². The summed E-state index contributed by atoms with van der Waals surface area (Å²) in [5, 5.41) is 15.4. The second kappa shape index (κ2) is 4.78. The van der Waals surface area contributed by atoms with Crippen LogP contribution in [0.1, 0.15) is 25.7 Å². The molecule has 0 aromatic carbocycles. The minimum absolute atomic E-state index is 0.806. The van der Waals surface area contributed by atoms with E-state index in [9.17, 15) is 9.59 Å². The molecule has 0 unspecified atom stereocenters. The summed E-state index contributed by atoms with van der Waals surface area (Å²) in [5.41, 5.74) is 0. The molecule has 0 heterocycles. The summed E-state index contributed by atoms with van der Waals surface area (Å²) in [7, 11) is 0. The van der Waals surface area contributed by atoms with Gasteiger partial charge in [-0.3, -0.25) is 9.59 Å². The maximum atomic E-state index is 9.43. The molecule has 1 aliphatic carbocycles. The van der Waals surface area contributed by atoms with Gasteiger partial charge in [0.1, 0.15) is 6.42 Å². The zero-order valence-electron chi connectivity index (χ0n) is 5.54. The number of carboxylic acids is 2. The SMILES string of the molecule is C1CC1.O=C(O)CC(=O)O. The first-order valence-corrected chi connectivity index (χ1v) is 3.06. The molecule has 10 heavy (non-hydrogen) atoms. The zero-order chi connectivity index (χ0) is 7.98. The monoisotopic (exact) mass is 146 g/mol. The third-order valence-corrected chi connectivity index (χ3v) is 0.656. The number of carbonyl (C=O) groups is 2. The largest absolute Gasteiger partial charge is 0.481 e. The predicted molar refractivity (Wildman–Crippen MR) is 33.7 cm³/mol. The Labute approximate surface area is 58.5 Å². The van der Waals surface area contributed by atoms with Crippen LogP contribution in [0, 0.1) is 0 Å². The van der Waals surface area contributed by atoms with Gasteiger partial charge < -0.3 is 10.2 Å². The highest BCUT2D eigenvalue weighted by molar-refractivity contribution is 5.88. The topological polar surface area (TPSA) is 74.6 Å². The van der Waals surface area contributed by atoms with E-state index < -0.39 is 18.4 Å². The number of rotatable bonds is 2. The summed E-state index contributed by atoms with van der Waals surface area (Å²) in [5.74, 6) is -2.62. The number of hydrogen-bond donors (Lipinski definition) is 2. The van der Waals surface area contributed by atoms with Gasteiger partial charge in [0.15, 0.2) is 0 Å². The Morgan fingerprint density at radius 2 is 1.30 bits per heavy atom. The van der Waals surface area contributed by atoms with E-state index in [1.54, 1.807) is 0 Å². The number of aliphatic carboxylic acids is 2. The van der Waals surface area contributed by atoms with Crippen LogP contribution in [-0.2, 0) is 9.59 Å². The fourth-order valence-electron chi connectivity index (χ4n) is 0.129. The molecule has 1 rings (SSSR count). The smallest absolute Gasteiger partial charge is 0.314 e. The molecule has 58 valence electrons. The van der Waals surface area contributed by atoms with E-state index in [-0.39, 0.29) is 0 Å². The minimum Gasteiger partial charge on any atom is -0.481 e. The second-order valence-electron chi connectivity index (χ2n) is 2.02. The lowest BCUT2D eigenvalue weighted by Crippen LogP contribution is -2.03. The first kappa shape index (κ1) is 8.94. The molecule has 0 aromatic heterocycles. The van der Waals surface area contributed by atoms with Crippen LogP contribution in [0.5, 0.6) is 0 Å². The molecule has 0 spiro atoms. The van der Waals surface area contributed by atoms with Gasteiger partial charge >= 0.3 is 11.9 Å². The summed E-state index contributed by atoms with van der Waals surface area (Å²) in [4.78, 5) is 18.9. The van der Waals surface area contributed by atoms with E-state index in [1.807, 2.05) is 0 Å². The summed E-state index contributed by atoms with van der Waals surface area (Å²) < 4.78 is 0. The van der Waals surface area contributed by atoms with Crippen molar-refractivity contribution in [3.8, 4) is 0 Å². The van der Waals surface area contributed by atoms with Crippen molar-refractivity contribution < 1.29 is 19.8 Å². The molecule has 0 aromatic rings. The third-order valence-electron chi connectivity index (χ3n) is 0.656. The summed E-state index contributed by atoms with van der Waals surface area (Å²) >= 11 is 0. The van der Waals surface area contributed by atoms with E-state index in [0.717, 1.165) is 0 Å². The van der Waals surface area contributed by atoms with Crippen molar-refractivity contribution in [2.45, 2.75) is 25.7 Å². The molecule has 2 N–H and O–H groups in total. The Morgan fingerprint density at radius 3 is 1.30 bits per heavy atom. The average molecular weight is 146 g/mol. The number of carboxylic acid groups (broad SMARTS) is 2. The molecule has 0 bridgehead atoms. The van der Waals surface area contributed by atoms with Crippen molar-refractivity contribution in [2.24, 2.45) is 0 Å².